The van der Waals surface area contributed by atoms with Crippen molar-refractivity contribution in [2.75, 3.05) is 19.8 Å². The molecule has 2 N–H and O–H groups in total. The molecule has 1 fully saturated rings. The third kappa shape index (κ3) is 4.70. The zero-order chi connectivity index (χ0) is 21.8. The van der Waals surface area contributed by atoms with Crippen molar-refractivity contribution in [1.82, 2.24) is 0 Å². The summed E-state index contributed by atoms with van der Waals surface area (Å²) >= 11 is 0. The third-order valence-corrected chi connectivity index (χ3v) is 5.02. The summed E-state index contributed by atoms with van der Waals surface area (Å²) in [5.74, 6) is -5.49. The second-order valence-electron chi connectivity index (χ2n) is 7.15. The van der Waals surface area contributed by atoms with Gasteiger partial charge in [-0.05, 0) is 45.4 Å². The SMILES string of the molecule is CCOC(=O)[C@@H]1C(=O)C[C@@](C)(O)[C@@H](C(=O)OCC)[C@@H]1c1ccc(O)c(OCC)c1. The van der Waals surface area contributed by atoms with Crippen LogP contribution in [0.1, 0.15) is 45.6 Å². The number of hydrogen-bond donors (Lipinski definition) is 2. The number of aromatic hydroxyl groups is 1. The molecule has 4 atom stereocenters. The molecule has 0 heterocycles. The van der Waals surface area contributed by atoms with Crippen molar-refractivity contribution in [1.29, 1.82) is 0 Å². The van der Waals surface area contributed by atoms with Crippen molar-refractivity contribution in [3.8, 4) is 11.5 Å². The molecule has 0 amide bonds. The topological polar surface area (TPSA) is 119 Å². The third-order valence-electron chi connectivity index (χ3n) is 5.02. The van der Waals surface area contributed by atoms with Crippen LogP contribution < -0.4 is 4.74 Å². The second-order valence-corrected chi connectivity index (χ2v) is 7.15. The summed E-state index contributed by atoms with van der Waals surface area (Å²) in [5, 5.41) is 20.9. The van der Waals surface area contributed by atoms with Gasteiger partial charge in [0.15, 0.2) is 17.3 Å². The summed E-state index contributed by atoms with van der Waals surface area (Å²) in [4.78, 5) is 38.3. The van der Waals surface area contributed by atoms with Gasteiger partial charge in [0.1, 0.15) is 5.92 Å². The van der Waals surface area contributed by atoms with Crippen molar-refractivity contribution in [3.63, 3.8) is 0 Å². The monoisotopic (exact) mass is 408 g/mol. The Morgan fingerprint density at radius 1 is 1.10 bits per heavy atom. The molecule has 2 rings (SSSR count). The van der Waals surface area contributed by atoms with Crippen LogP contribution in [0, 0.1) is 11.8 Å². The van der Waals surface area contributed by atoms with Gasteiger partial charge in [-0.3, -0.25) is 14.4 Å². The maximum absolute atomic E-state index is 12.8. The van der Waals surface area contributed by atoms with Crippen LogP contribution in [0.15, 0.2) is 18.2 Å². The van der Waals surface area contributed by atoms with E-state index in [1.54, 1.807) is 20.8 Å². The van der Waals surface area contributed by atoms with E-state index in [1.165, 1.54) is 25.1 Å². The fourth-order valence-corrected chi connectivity index (χ4v) is 3.89. The second kappa shape index (κ2) is 9.26. The zero-order valence-electron chi connectivity index (χ0n) is 17.1. The summed E-state index contributed by atoms with van der Waals surface area (Å²) in [6.07, 6.45) is -0.382. The van der Waals surface area contributed by atoms with Crippen LogP contribution in [0.3, 0.4) is 0 Å². The first kappa shape index (κ1) is 22.7. The van der Waals surface area contributed by atoms with Gasteiger partial charge in [0, 0.05) is 12.3 Å². The molecule has 1 aliphatic rings. The first-order valence-electron chi connectivity index (χ1n) is 9.71. The van der Waals surface area contributed by atoms with Gasteiger partial charge in [-0.1, -0.05) is 6.07 Å². The average Bonchev–Trinajstić information content (AvgIpc) is 2.62. The smallest absolute Gasteiger partial charge is 0.317 e. The predicted octanol–water partition coefficient (Wildman–Crippen LogP) is 1.96. The van der Waals surface area contributed by atoms with E-state index in [1.807, 2.05) is 0 Å². The lowest BCUT2D eigenvalue weighted by Gasteiger charge is -2.43. The van der Waals surface area contributed by atoms with E-state index in [-0.39, 0.29) is 37.7 Å². The van der Waals surface area contributed by atoms with Crippen LogP contribution >= 0.6 is 0 Å². The highest BCUT2D eigenvalue weighted by Crippen LogP contribution is 2.48. The number of hydrogen-bond acceptors (Lipinski definition) is 8. The molecule has 0 radical (unpaired) electrons. The first-order chi connectivity index (χ1) is 13.7. The average molecular weight is 408 g/mol. The molecule has 0 unspecified atom stereocenters. The number of esters is 2. The van der Waals surface area contributed by atoms with E-state index in [0.717, 1.165) is 0 Å². The van der Waals surface area contributed by atoms with Gasteiger partial charge in [-0.15, -0.1) is 0 Å². The number of ether oxygens (including phenoxy) is 3. The highest BCUT2D eigenvalue weighted by molar-refractivity contribution is 6.02. The minimum absolute atomic E-state index is 0.0651. The van der Waals surface area contributed by atoms with Crippen molar-refractivity contribution in [3.05, 3.63) is 23.8 Å². The minimum Gasteiger partial charge on any atom is -0.504 e. The lowest BCUT2D eigenvalue weighted by Crippen LogP contribution is -2.55. The van der Waals surface area contributed by atoms with Crippen molar-refractivity contribution >= 4 is 17.7 Å². The van der Waals surface area contributed by atoms with Crippen LogP contribution in [0.2, 0.25) is 0 Å². The summed E-state index contributed by atoms with van der Waals surface area (Å²) in [5.41, 5.74) is -1.34. The van der Waals surface area contributed by atoms with Crippen LogP contribution in [0.4, 0.5) is 0 Å². The number of carbonyl (C=O) groups excluding carboxylic acids is 3. The lowest BCUT2D eigenvalue weighted by atomic mass is 9.61. The van der Waals surface area contributed by atoms with Gasteiger partial charge >= 0.3 is 11.9 Å². The summed E-state index contributed by atoms with van der Waals surface area (Å²) in [6, 6.07) is 4.32. The number of ketones is 1. The molecular formula is C21H28O8. The zero-order valence-corrected chi connectivity index (χ0v) is 17.1. The van der Waals surface area contributed by atoms with E-state index < -0.39 is 41.1 Å². The van der Waals surface area contributed by atoms with Crippen LogP contribution in [0.5, 0.6) is 11.5 Å². The number of phenols is 1. The maximum Gasteiger partial charge on any atom is 0.317 e. The van der Waals surface area contributed by atoms with E-state index in [4.69, 9.17) is 14.2 Å². The molecular weight excluding hydrogens is 380 g/mol. The molecule has 0 aliphatic heterocycles. The first-order valence-corrected chi connectivity index (χ1v) is 9.71. The largest absolute Gasteiger partial charge is 0.504 e. The normalized spacial score (nSPS) is 26.7. The Hall–Kier alpha value is -2.61. The van der Waals surface area contributed by atoms with Crippen LogP contribution in [0.25, 0.3) is 0 Å². The Morgan fingerprint density at radius 2 is 1.72 bits per heavy atom. The quantitative estimate of drug-likeness (QED) is 0.519. The Labute approximate surface area is 169 Å². The van der Waals surface area contributed by atoms with Gasteiger partial charge in [-0.25, -0.2) is 0 Å². The highest BCUT2D eigenvalue weighted by atomic mass is 16.5. The summed E-state index contributed by atoms with van der Waals surface area (Å²) < 4.78 is 15.6. The van der Waals surface area contributed by atoms with E-state index in [0.29, 0.717) is 5.56 Å². The Kier molecular flexibility index (Phi) is 7.24. The Morgan fingerprint density at radius 3 is 2.31 bits per heavy atom. The van der Waals surface area contributed by atoms with Gasteiger partial charge in [0.25, 0.3) is 0 Å². The lowest BCUT2D eigenvalue weighted by molar-refractivity contribution is -0.172. The van der Waals surface area contributed by atoms with Crippen molar-refractivity contribution < 1.29 is 38.8 Å². The van der Waals surface area contributed by atoms with Gasteiger partial charge in [-0.2, -0.15) is 0 Å². The minimum atomic E-state index is -1.72. The molecule has 1 aliphatic carbocycles. The molecule has 0 aromatic heterocycles. The van der Waals surface area contributed by atoms with Gasteiger partial charge < -0.3 is 24.4 Å². The fourth-order valence-electron chi connectivity index (χ4n) is 3.89. The number of carbonyl (C=O) groups is 3. The van der Waals surface area contributed by atoms with Gasteiger partial charge in [0.05, 0.1) is 31.3 Å². The Bertz CT molecular complexity index is 770. The Balaban J connectivity index is 2.66. The molecule has 29 heavy (non-hydrogen) atoms. The molecule has 0 saturated heterocycles. The van der Waals surface area contributed by atoms with Crippen molar-refractivity contribution in [2.45, 2.75) is 45.6 Å². The molecule has 1 aromatic rings. The number of benzene rings is 1. The molecule has 160 valence electrons. The summed E-state index contributed by atoms with van der Waals surface area (Å²) in [6.45, 7) is 6.79. The number of rotatable bonds is 7. The molecule has 0 spiro atoms. The van der Waals surface area contributed by atoms with E-state index in [9.17, 15) is 24.6 Å². The molecule has 1 saturated carbocycles. The standard InChI is InChI=1S/C21H28O8/c1-5-27-15-10-12(8-9-13(15)22)16-17(19(24)28-6-2)14(23)11-21(4,26)18(16)20(25)29-7-3/h8-10,16-18,22,26H,5-7,11H2,1-4H3/t16-,17-,18-,21-/m1/s1. The van der Waals surface area contributed by atoms with E-state index >= 15 is 0 Å². The van der Waals surface area contributed by atoms with Crippen LogP contribution in [-0.2, 0) is 23.9 Å². The van der Waals surface area contributed by atoms with Gasteiger partial charge in [0.2, 0.25) is 0 Å². The summed E-state index contributed by atoms with van der Waals surface area (Å²) in [7, 11) is 0. The number of Topliss-reactive ketones (excluding diaryl/α,β-unsaturated/α-hetero) is 1. The highest BCUT2D eigenvalue weighted by Gasteiger charge is 2.57. The predicted molar refractivity (Wildman–Crippen MR) is 103 cm³/mol. The number of phenolic OH excluding ortho intramolecular Hbond substituents is 1. The molecule has 8 nitrogen and oxygen atoms in total. The molecule has 0 bridgehead atoms. The fraction of sp³-hybridized carbons (Fsp3) is 0.571. The number of aliphatic hydroxyl groups is 1. The maximum atomic E-state index is 12.8. The van der Waals surface area contributed by atoms with Crippen LogP contribution in [-0.4, -0.2) is 53.4 Å². The van der Waals surface area contributed by atoms with E-state index in [2.05, 4.69) is 0 Å². The molecule has 8 heteroatoms. The molecule has 1 aromatic carbocycles. The van der Waals surface area contributed by atoms with Crippen molar-refractivity contribution in [2.24, 2.45) is 11.8 Å².